The Bertz CT molecular complexity index is 874. The largest absolute Gasteiger partial charge is 0.392 e. The summed E-state index contributed by atoms with van der Waals surface area (Å²) in [5.41, 5.74) is 0.413. The van der Waals surface area contributed by atoms with E-state index in [0.29, 0.717) is 5.69 Å². The SMILES string of the molecule is C[C@@H]1[C@@H]2[C@@H](O)[C@H]([C@H](C)C(=O)N3CCCC3)CC[C@]2(C)CC[C@@H]1NC(=O)Nc1cccc(F)c1. The number of hydrogen-bond acceptors (Lipinski definition) is 3. The highest BCUT2D eigenvalue weighted by molar-refractivity contribution is 5.89. The number of rotatable bonds is 4. The molecule has 3 amide bonds. The van der Waals surface area contributed by atoms with Gasteiger partial charge in [-0.25, -0.2) is 9.18 Å². The third-order valence-corrected chi connectivity index (χ3v) is 8.74. The van der Waals surface area contributed by atoms with Crippen molar-refractivity contribution in [1.82, 2.24) is 10.2 Å². The van der Waals surface area contributed by atoms with Gasteiger partial charge < -0.3 is 20.6 Å². The Balaban J connectivity index is 1.43. The van der Waals surface area contributed by atoms with Gasteiger partial charge in [-0.05, 0) is 79.9 Å². The van der Waals surface area contributed by atoms with Gasteiger partial charge in [-0.15, -0.1) is 0 Å². The summed E-state index contributed by atoms with van der Waals surface area (Å²) in [7, 11) is 0. The molecular weight excluding hydrogens is 421 g/mol. The number of carbonyl (C=O) groups excluding carboxylic acids is 2. The molecule has 7 heteroatoms. The lowest BCUT2D eigenvalue weighted by molar-refractivity contribution is -0.149. The van der Waals surface area contributed by atoms with E-state index < -0.39 is 11.9 Å². The predicted octanol–water partition coefficient (Wildman–Crippen LogP) is 4.40. The first-order valence-electron chi connectivity index (χ1n) is 12.5. The highest BCUT2D eigenvalue weighted by Gasteiger charge is 2.54. The first-order chi connectivity index (χ1) is 15.7. The van der Waals surface area contributed by atoms with Crippen LogP contribution in [0.5, 0.6) is 0 Å². The molecule has 0 spiro atoms. The summed E-state index contributed by atoms with van der Waals surface area (Å²) in [6.45, 7) is 8.00. The van der Waals surface area contributed by atoms with Crippen LogP contribution in [-0.2, 0) is 4.79 Å². The zero-order valence-electron chi connectivity index (χ0n) is 20.0. The molecule has 1 aromatic carbocycles. The topological polar surface area (TPSA) is 81.7 Å². The van der Waals surface area contributed by atoms with Gasteiger partial charge >= 0.3 is 6.03 Å². The molecule has 182 valence electrons. The lowest BCUT2D eigenvalue weighted by Crippen LogP contribution is -2.59. The Morgan fingerprint density at radius 1 is 1.21 bits per heavy atom. The van der Waals surface area contributed by atoms with E-state index in [1.54, 1.807) is 12.1 Å². The summed E-state index contributed by atoms with van der Waals surface area (Å²) in [5.74, 6) is -0.401. The number of fused-ring (bicyclic) bond motifs is 1. The average molecular weight is 460 g/mol. The van der Waals surface area contributed by atoms with Crippen molar-refractivity contribution in [2.24, 2.45) is 29.1 Å². The Morgan fingerprint density at radius 3 is 2.61 bits per heavy atom. The normalized spacial score (nSPS) is 34.9. The van der Waals surface area contributed by atoms with Crippen LogP contribution >= 0.6 is 0 Å². The molecule has 0 aromatic heterocycles. The van der Waals surface area contributed by atoms with Crippen molar-refractivity contribution in [2.45, 2.75) is 71.4 Å². The number of anilines is 1. The van der Waals surface area contributed by atoms with E-state index in [1.807, 2.05) is 11.8 Å². The smallest absolute Gasteiger partial charge is 0.319 e. The number of nitrogens with zero attached hydrogens (tertiary/aromatic N) is 1. The molecule has 0 unspecified atom stereocenters. The Kier molecular flexibility index (Phi) is 6.99. The number of carbonyl (C=O) groups is 2. The molecule has 1 aliphatic heterocycles. The summed E-state index contributed by atoms with van der Waals surface area (Å²) in [4.78, 5) is 27.6. The zero-order valence-corrected chi connectivity index (χ0v) is 20.0. The lowest BCUT2D eigenvalue weighted by atomic mass is 9.51. The van der Waals surface area contributed by atoms with Gasteiger partial charge in [0.2, 0.25) is 5.91 Å². The second kappa shape index (κ2) is 9.61. The summed E-state index contributed by atoms with van der Waals surface area (Å²) in [6.07, 6.45) is 5.16. The van der Waals surface area contributed by atoms with Crippen LogP contribution in [-0.4, -0.2) is 47.2 Å². The number of urea groups is 1. The number of aliphatic hydroxyl groups is 1. The number of hydrogen-bond donors (Lipinski definition) is 3. The van der Waals surface area contributed by atoms with Gasteiger partial charge in [0.05, 0.1) is 6.10 Å². The average Bonchev–Trinajstić information content (AvgIpc) is 3.30. The molecule has 1 aromatic rings. The maximum atomic E-state index is 13.4. The van der Waals surface area contributed by atoms with Crippen LogP contribution in [0.2, 0.25) is 0 Å². The molecule has 6 nitrogen and oxygen atoms in total. The minimum Gasteiger partial charge on any atom is -0.392 e. The summed E-state index contributed by atoms with van der Waals surface area (Å²) in [6, 6.07) is 5.38. The monoisotopic (exact) mass is 459 g/mol. The van der Waals surface area contributed by atoms with E-state index in [-0.39, 0.29) is 47.1 Å². The van der Waals surface area contributed by atoms with E-state index >= 15 is 0 Å². The van der Waals surface area contributed by atoms with E-state index in [1.165, 1.54) is 12.1 Å². The van der Waals surface area contributed by atoms with Gasteiger partial charge in [-0.3, -0.25) is 4.79 Å². The Labute approximate surface area is 196 Å². The van der Waals surface area contributed by atoms with E-state index in [0.717, 1.165) is 51.6 Å². The van der Waals surface area contributed by atoms with Gasteiger partial charge in [0.15, 0.2) is 0 Å². The lowest BCUT2D eigenvalue weighted by Gasteiger charge is -2.56. The first-order valence-corrected chi connectivity index (χ1v) is 12.5. The fourth-order valence-corrected chi connectivity index (χ4v) is 6.81. The van der Waals surface area contributed by atoms with E-state index in [9.17, 15) is 19.1 Å². The van der Waals surface area contributed by atoms with Crippen molar-refractivity contribution in [3.63, 3.8) is 0 Å². The number of benzene rings is 1. The fraction of sp³-hybridized carbons (Fsp3) is 0.692. The molecule has 3 fully saturated rings. The van der Waals surface area contributed by atoms with Crippen LogP contribution in [0.4, 0.5) is 14.9 Å². The molecule has 2 aliphatic carbocycles. The number of amides is 3. The zero-order chi connectivity index (χ0) is 23.8. The maximum absolute atomic E-state index is 13.4. The molecule has 3 aliphatic rings. The molecular formula is C26H38FN3O3. The van der Waals surface area contributed by atoms with Crippen molar-refractivity contribution in [3.8, 4) is 0 Å². The highest BCUT2D eigenvalue weighted by Crippen LogP contribution is 2.55. The quantitative estimate of drug-likeness (QED) is 0.624. The standard InChI is InChI=1S/C26H38FN3O3/c1-16(24(32)30-13-4-5-14-30)20-9-11-26(3)12-10-21(17(2)22(26)23(20)31)29-25(33)28-19-8-6-7-18(27)15-19/h6-8,15-17,20-23,31H,4-5,9-14H2,1-3H3,(H2,28,29,33)/t16-,17-,20-,21-,22+,23-,26+/m0/s1. The van der Waals surface area contributed by atoms with Crippen molar-refractivity contribution in [2.75, 3.05) is 18.4 Å². The molecule has 3 N–H and O–H groups in total. The number of aliphatic hydroxyl groups excluding tert-OH is 1. The van der Waals surface area contributed by atoms with Gasteiger partial charge in [0, 0.05) is 30.7 Å². The predicted molar refractivity (Wildman–Crippen MR) is 126 cm³/mol. The Hall–Kier alpha value is -2.15. The van der Waals surface area contributed by atoms with Crippen LogP contribution in [0.25, 0.3) is 0 Å². The van der Waals surface area contributed by atoms with Crippen molar-refractivity contribution in [3.05, 3.63) is 30.1 Å². The van der Waals surface area contributed by atoms with Crippen molar-refractivity contribution in [1.29, 1.82) is 0 Å². The second-order valence-electron chi connectivity index (χ2n) is 10.8. The molecule has 33 heavy (non-hydrogen) atoms. The molecule has 1 saturated heterocycles. The summed E-state index contributed by atoms with van der Waals surface area (Å²) >= 11 is 0. The van der Waals surface area contributed by atoms with Crippen LogP contribution in [0.15, 0.2) is 24.3 Å². The third-order valence-electron chi connectivity index (χ3n) is 8.74. The van der Waals surface area contributed by atoms with Gasteiger partial charge in [0.1, 0.15) is 5.82 Å². The first kappa shape index (κ1) is 24.0. The van der Waals surface area contributed by atoms with E-state index in [2.05, 4.69) is 24.5 Å². The van der Waals surface area contributed by atoms with Crippen LogP contribution in [0.3, 0.4) is 0 Å². The molecule has 2 saturated carbocycles. The molecule has 1 heterocycles. The molecule has 4 rings (SSSR count). The molecule has 7 atom stereocenters. The van der Waals surface area contributed by atoms with Gasteiger partial charge in [0.25, 0.3) is 0 Å². The highest BCUT2D eigenvalue weighted by atomic mass is 19.1. The summed E-state index contributed by atoms with van der Waals surface area (Å²) < 4.78 is 13.4. The minimum atomic E-state index is -0.573. The number of likely N-dealkylation sites (tertiary alicyclic amines) is 1. The second-order valence-corrected chi connectivity index (χ2v) is 10.8. The number of nitrogens with one attached hydrogen (secondary N) is 2. The van der Waals surface area contributed by atoms with Gasteiger partial charge in [-0.1, -0.05) is 26.8 Å². The minimum absolute atomic E-state index is 0.00294. The van der Waals surface area contributed by atoms with E-state index in [4.69, 9.17) is 0 Å². The van der Waals surface area contributed by atoms with Crippen molar-refractivity contribution < 1.29 is 19.1 Å². The van der Waals surface area contributed by atoms with Gasteiger partial charge in [-0.2, -0.15) is 0 Å². The van der Waals surface area contributed by atoms with Crippen LogP contribution < -0.4 is 10.6 Å². The van der Waals surface area contributed by atoms with Crippen LogP contribution in [0.1, 0.15) is 59.3 Å². The summed E-state index contributed by atoms with van der Waals surface area (Å²) in [5, 5.41) is 17.3. The molecule has 0 radical (unpaired) electrons. The molecule has 0 bridgehead atoms. The van der Waals surface area contributed by atoms with Crippen molar-refractivity contribution >= 4 is 17.6 Å². The fourth-order valence-electron chi connectivity index (χ4n) is 6.81. The third kappa shape index (κ3) is 4.88. The van der Waals surface area contributed by atoms with Crippen LogP contribution in [0, 0.1) is 34.9 Å². The maximum Gasteiger partial charge on any atom is 0.319 e. The number of halogens is 1. The Morgan fingerprint density at radius 2 is 1.91 bits per heavy atom.